The maximum atomic E-state index is 12.8. The van der Waals surface area contributed by atoms with E-state index in [1.165, 1.54) is 0 Å². The summed E-state index contributed by atoms with van der Waals surface area (Å²) in [6.07, 6.45) is 5.28. The first-order chi connectivity index (χ1) is 14.0. The number of aromatic nitrogens is 3. The van der Waals surface area contributed by atoms with Crippen molar-refractivity contribution in [3.8, 4) is 0 Å². The van der Waals surface area contributed by atoms with Gasteiger partial charge in [-0.05, 0) is 43.9 Å². The van der Waals surface area contributed by atoms with E-state index in [1.54, 1.807) is 27.2 Å². The first-order valence-electron chi connectivity index (χ1n) is 10.3. The van der Waals surface area contributed by atoms with Gasteiger partial charge in [-0.3, -0.25) is 4.79 Å². The maximum absolute atomic E-state index is 12.8. The number of benzene rings is 1. The quantitative estimate of drug-likeness (QED) is 0.722. The predicted octanol–water partition coefficient (Wildman–Crippen LogP) is 1.29. The average molecular weight is 422 g/mol. The fraction of sp³-hybridized carbons (Fsp3) is 0.632. The zero-order valence-corrected chi connectivity index (χ0v) is 17.2. The molecule has 0 saturated carbocycles. The normalized spacial score (nSPS) is 20.9. The van der Waals surface area contributed by atoms with Crippen molar-refractivity contribution < 1.29 is 17.9 Å². The molecule has 2 saturated heterocycles. The van der Waals surface area contributed by atoms with Crippen molar-refractivity contribution in [1.29, 1.82) is 0 Å². The van der Waals surface area contributed by atoms with Crippen molar-refractivity contribution in [2.75, 3.05) is 26.2 Å². The van der Waals surface area contributed by atoms with E-state index in [0.29, 0.717) is 31.7 Å². The van der Waals surface area contributed by atoms with Gasteiger partial charge in [0.2, 0.25) is 15.9 Å². The summed E-state index contributed by atoms with van der Waals surface area (Å²) < 4.78 is 34.4. The summed E-state index contributed by atoms with van der Waals surface area (Å²) in [6, 6.07) is 4.89. The average Bonchev–Trinajstić information content (AvgIpc) is 3.40. The first-order valence-corrected chi connectivity index (χ1v) is 11.7. The van der Waals surface area contributed by atoms with Crippen LogP contribution in [0, 0.1) is 0 Å². The molecule has 158 valence electrons. The van der Waals surface area contributed by atoms with Crippen LogP contribution in [0.1, 0.15) is 38.5 Å². The molecule has 1 atom stereocenters. The van der Waals surface area contributed by atoms with E-state index < -0.39 is 10.0 Å². The van der Waals surface area contributed by atoms with Crippen molar-refractivity contribution in [3.63, 3.8) is 0 Å². The molecule has 1 amide bonds. The van der Waals surface area contributed by atoms with Crippen LogP contribution < -0.4 is 5.32 Å². The highest BCUT2D eigenvalue weighted by atomic mass is 32.2. The number of piperidine rings is 1. The van der Waals surface area contributed by atoms with E-state index >= 15 is 0 Å². The number of hydrogen-bond acceptors (Lipinski definition) is 6. The van der Waals surface area contributed by atoms with Gasteiger partial charge in [0.05, 0.1) is 23.1 Å². The van der Waals surface area contributed by atoms with Crippen LogP contribution in [0.4, 0.5) is 0 Å². The van der Waals surface area contributed by atoms with Crippen LogP contribution in [0.3, 0.4) is 0 Å². The highest BCUT2D eigenvalue weighted by molar-refractivity contribution is 7.89. The molecule has 1 aromatic carbocycles. The zero-order valence-electron chi connectivity index (χ0n) is 16.4. The SMILES string of the molecule is O=C(CCn1nnc2cc(S(=O)(=O)N3CCCCC3)ccc21)NC[C@@H]1CCCO1. The molecule has 0 bridgehead atoms. The number of carbonyl (C=O) groups is 1. The van der Waals surface area contributed by atoms with Gasteiger partial charge in [-0.15, -0.1) is 5.10 Å². The van der Waals surface area contributed by atoms with Crippen LogP contribution in [0.15, 0.2) is 23.1 Å². The lowest BCUT2D eigenvalue weighted by Gasteiger charge is -2.25. The second-order valence-corrected chi connectivity index (χ2v) is 9.55. The number of nitrogens with zero attached hydrogens (tertiary/aromatic N) is 4. The van der Waals surface area contributed by atoms with Crippen molar-refractivity contribution in [3.05, 3.63) is 18.2 Å². The van der Waals surface area contributed by atoms with Crippen LogP contribution in [0.2, 0.25) is 0 Å². The van der Waals surface area contributed by atoms with Gasteiger partial charge in [0.15, 0.2) is 0 Å². The molecule has 1 aromatic heterocycles. The Hall–Kier alpha value is -2.04. The zero-order chi connectivity index (χ0) is 20.3. The molecule has 2 aliphatic rings. The molecule has 1 N–H and O–H groups in total. The Morgan fingerprint density at radius 2 is 2.03 bits per heavy atom. The molecule has 3 heterocycles. The van der Waals surface area contributed by atoms with Gasteiger partial charge in [-0.25, -0.2) is 13.1 Å². The Labute approximate surface area is 170 Å². The van der Waals surface area contributed by atoms with Crippen LogP contribution in [0.25, 0.3) is 11.0 Å². The van der Waals surface area contributed by atoms with Crippen LogP contribution in [-0.4, -0.2) is 66.0 Å². The second kappa shape index (κ2) is 8.76. The van der Waals surface area contributed by atoms with E-state index in [0.717, 1.165) is 44.2 Å². The molecule has 0 unspecified atom stereocenters. The van der Waals surface area contributed by atoms with Gasteiger partial charge < -0.3 is 10.1 Å². The summed E-state index contributed by atoms with van der Waals surface area (Å²) in [7, 11) is -3.51. The lowest BCUT2D eigenvalue weighted by atomic mass is 10.2. The fourth-order valence-corrected chi connectivity index (χ4v) is 5.40. The minimum absolute atomic E-state index is 0.0616. The van der Waals surface area contributed by atoms with Crippen molar-refractivity contribution in [1.82, 2.24) is 24.6 Å². The third-order valence-electron chi connectivity index (χ3n) is 5.54. The van der Waals surface area contributed by atoms with Crippen molar-refractivity contribution in [2.24, 2.45) is 0 Å². The van der Waals surface area contributed by atoms with Crippen LogP contribution >= 0.6 is 0 Å². The highest BCUT2D eigenvalue weighted by Crippen LogP contribution is 2.23. The number of aryl methyl sites for hydroxylation is 1. The highest BCUT2D eigenvalue weighted by Gasteiger charge is 2.26. The van der Waals surface area contributed by atoms with Crippen LogP contribution in [0.5, 0.6) is 0 Å². The van der Waals surface area contributed by atoms with Crippen LogP contribution in [-0.2, 0) is 26.1 Å². The molecule has 9 nitrogen and oxygen atoms in total. The van der Waals surface area contributed by atoms with Gasteiger partial charge in [0.25, 0.3) is 0 Å². The minimum atomic E-state index is -3.51. The molecule has 10 heteroatoms. The summed E-state index contributed by atoms with van der Waals surface area (Å²) in [4.78, 5) is 12.3. The van der Waals surface area contributed by atoms with E-state index in [-0.39, 0.29) is 23.3 Å². The lowest BCUT2D eigenvalue weighted by molar-refractivity contribution is -0.121. The summed E-state index contributed by atoms with van der Waals surface area (Å²) in [5.41, 5.74) is 1.23. The molecule has 0 radical (unpaired) electrons. The standard InChI is InChI=1S/C19H27N5O4S/c25-19(20-14-15-5-4-12-28-15)8-11-24-18-7-6-16(13-17(18)21-22-24)29(26,27)23-9-2-1-3-10-23/h6-7,13,15H,1-5,8-12,14H2,(H,20,25)/t15-/m0/s1. The third-order valence-corrected chi connectivity index (χ3v) is 7.43. The molecule has 29 heavy (non-hydrogen) atoms. The minimum Gasteiger partial charge on any atom is -0.376 e. The number of hydrogen-bond donors (Lipinski definition) is 1. The van der Waals surface area contributed by atoms with Gasteiger partial charge in [-0.2, -0.15) is 4.31 Å². The number of ether oxygens (including phenoxy) is 1. The summed E-state index contributed by atoms with van der Waals surface area (Å²) in [5.74, 6) is -0.0616. The smallest absolute Gasteiger partial charge is 0.243 e. The van der Waals surface area contributed by atoms with Gasteiger partial charge in [0.1, 0.15) is 5.52 Å². The largest absolute Gasteiger partial charge is 0.376 e. The lowest BCUT2D eigenvalue weighted by Crippen LogP contribution is -2.35. The molecular weight excluding hydrogens is 394 g/mol. The summed E-state index contributed by atoms with van der Waals surface area (Å²) in [5, 5.41) is 11.1. The predicted molar refractivity (Wildman–Crippen MR) is 107 cm³/mol. The maximum Gasteiger partial charge on any atom is 0.243 e. The molecule has 0 spiro atoms. The van der Waals surface area contributed by atoms with Gasteiger partial charge >= 0.3 is 0 Å². The number of nitrogens with one attached hydrogen (secondary N) is 1. The summed E-state index contributed by atoms with van der Waals surface area (Å²) >= 11 is 0. The number of amides is 1. The molecule has 0 aliphatic carbocycles. The Morgan fingerprint density at radius 1 is 1.21 bits per heavy atom. The Bertz CT molecular complexity index is 962. The van der Waals surface area contributed by atoms with E-state index in [1.807, 2.05) is 0 Å². The number of rotatable bonds is 7. The molecule has 4 rings (SSSR count). The summed E-state index contributed by atoms with van der Waals surface area (Å²) in [6.45, 7) is 2.81. The van der Waals surface area contributed by atoms with E-state index in [4.69, 9.17) is 4.74 Å². The molecule has 2 aromatic rings. The van der Waals surface area contributed by atoms with Crippen molar-refractivity contribution in [2.45, 2.75) is 56.1 Å². The number of sulfonamides is 1. The fourth-order valence-electron chi connectivity index (χ4n) is 3.86. The van der Waals surface area contributed by atoms with Gasteiger partial charge in [-0.1, -0.05) is 11.6 Å². The number of carbonyl (C=O) groups excluding carboxylic acids is 1. The topological polar surface area (TPSA) is 106 Å². The van der Waals surface area contributed by atoms with Gasteiger partial charge in [0, 0.05) is 32.7 Å². The Morgan fingerprint density at radius 3 is 2.79 bits per heavy atom. The first kappa shape index (κ1) is 20.2. The third kappa shape index (κ3) is 4.59. The molecular formula is C19H27N5O4S. The van der Waals surface area contributed by atoms with Crippen molar-refractivity contribution >= 4 is 27.0 Å². The van der Waals surface area contributed by atoms with E-state index in [9.17, 15) is 13.2 Å². The van der Waals surface area contributed by atoms with E-state index in [2.05, 4.69) is 15.6 Å². The number of fused-ring (bicyclic) bond motifs is 1. The molecule has 2 fully saturated rings. The second-order valence-electron chi connectivity index (χ2n) is 7.62. The Kier molecular flexibility index (Phi) is 6.12. The Balaban J connectivity index is 1.39. The molecule has 2 aliphatic heterocycles. The monoisotopic (exact) mass is 421 g/mol.